The van der Waals surface area contributed by atoms with Crippen molar-refractivity contribution in [3.05, 3.63) is 0 Å². The summed E-state index contributed by atoms with van der Waals surface area (Å²) in [6.07, 6.45) is 3.72. The Morgan fingerprint density at radius 2 is 1.65 bits per heavy atom. The molecule has 1 aliphatic rings. The van der Waals surface area contributed by atoms with E-state index in [9.17, 15) is 21.6 Å². The van der Waals surface area contributed by atoms with E-state index in [-0.39, 0.29) is 24.5 Å². The number of sulfonamides is 1. The van der Waals surface area contributed by atoms with Crippen molar-refractivity contribution in [2.75, 3.05) is 37.4 Å². The maximum atomic E-state index is 12.0. The number of sulfone groups is 1. The molecule has 118 valence electrons. The Kier molecular flexibility index (Phi) is 6.41. The summed E-state index contributed by atoms with van der Waals surface area (Å²) in [6, 6.07) is 0. The van der Waals surface area contributed by atoms with Crippen molar-refractivity contribution in [3.8, 4) is 0 Å². The van der Waals surface area contributed by atoms with Crippen molar-refractivity contribution in [2.24, 2.45) is 0 Å². The minimum absolute atomic E-state index is 0.0153. The van der Waals surface area contributed by atoms with Crippen LogP contribution in [0.15, 0.2) is 0 Å². The number of amides is 1. The lowest BCUT2D eigenvalue weighted by atomic mass is 10.2. The summed E-state index contributed by atoms with van der Waals surface area (Å²) in [4.78, 5) is 11.4. The first kappa shape index (κ1) is 17.4. The third-order valence-corrected chi connectivity index (χ3v) is 5.91. The van der Waals surface area contributed by atoms with Crippen molar-refractivity contribution in [2.45, 2.75) is 25.7 Å². The van der Waals surface area contributed by atoms with Crippen LogP contribution in [0, 0.1) is 0 Å². The second-order valence-electron chi connectivity index (χ2n) is 5.01. The first-order valence-electron chi connectivity index (χ1n) is 6.63. The molecule has 9 heteroatoms. The van der Waals surface area contributed by atoms with Crippen LogP contribution in [0.3, 0.4) is 0 Å². The highest BCUT2D eigenvalue weighted by molar-refractivity contribution is 7.90. The first-order chi connectivity index (χ1) is 9.21. The Hall–Kier alpha value is -0.670. The van der Waals surface area contributed by atoms with E-state index in [4.69, 9.17) is 0 Å². The van der Waals surface area contributed by atoms with Crippen LogP contribution in [0.4, 0.5) is 0 Å². The van der Waals surface area contributed by atoms with Gasteiger partial charge in [0.15, 0.2) is 0 Å². The minimum atomic E-state index is -3.32. The molecule has 1 amide bonds. The lowest BCUT2D eigenvalue weighted by Crippen LogP contribution is -2.40. The van der Waals surface area contributed by atoms with Gasteiger partial charge in [0, 0.05) is 32.3 Å². The van der Waals surface area contributed by atoms with Crippen LogP contribution in [-0.2, 0) is 24.7 Å². The number of carbonyl (C=O) groups excluding carboxylic acids is 1. The fraction of sp³-hybridized carbons (Fsp3) is 0.909. The van der Waals surface area contributed by atoms with Crippen molar-refractivity contribution >= 4 is 25.8 Å². The molecule has 1 N–H and O–H groups in total. The number of nitrogens with zero attached hydrogens (tertiary/aromatic N) is 1. The SMILES string of the molecule is CS(=O)(=O)CCC(=O)NCCS(=O)(=O)N1CCCCC1. The van der Waals surface area contributed by atoms with Gasteiger partial charge in [0.2, 0.25) is 15.9 Å². The second-order valence-corrected chi connectivity index (χ2v) is 9.35. The highest BCUT2D eigenvalue weighted by Crippen LogP contribution is 2.12. The lowest BCUT2D eigenvalue weighted by molar-refractivity contribution is -0.120. The molecule has 0 spiro atoms. The normalized spacial score (nSPS) is 17.9. The van der Waals surface area contributed by atoms with Gasteiger partial charge in [0.25, 0.3) is 0 Å². The molecule has 20 heavy (non-hydrogen) atoms. The van der Waals surface area contributed by atoms with Crippen LogP contribution in [0.2, 0.25) is 0 Å². The fourth-order valence-corrected chi connectivity index (χ4v) is 3.95. The highest BCUT2D eigenvalue weighted by atomic mass is 32.2. The summed E-state index contributed by atoms with van der Waals surface area (Å²) in [5.74, 6) is -0.806. The monoisotopic (exact) mass is 326 g/mol. The summed E-state index contributed by atoms with van der Waals surface area (Å²) in [7, 11) is -6.50. The van der Waals surface area contributed by atoms with E-state index >= 15 is 0 Å². The van der Waals surface area contributed by atoms with Crippen LogP contribution >= 0.6 is 0 Å². The van der Waals surface area contributed by atoms with Gasteiger partial charge in [-0.15, -0.1) is 0 Å². The number of hydrogen-bond acceptors (Lipinski definition) is 5. The van der Waals surface area contributed by atoms with Crippen LogP contribution < -0.4 is 5.32 Å². The quantitative estimate of drug-likeness (QED) is 0.670. The number of nitrogens with one attached hydrogen (secondary N) is 1. The van der Waals surface area contributed by atoms with Crippen molar-refractivity contribution in [1.82, 2.24) is 9.62 Å². The molecule has 0 aromatic heterocycles. The molecule has 0 bridgehead atoms. The smallest absolute Gasteiger partial charge is 0.221 e. The molecule has 1 fully saturated rings. The van der Waals surface area contributed by atoms with Crippen molar-refractivity contribution < 1.29 is 21.6 Å². The molecule has 0 atom stereocenters. The van der Waals surface area contributed by atoms with E-state index in [2.05, 4.69) is 5.32 Å². The topological polar surface area (TPSA) is 101 Å². The molecule has 0 unspecified atom stereocenters. The summed E-state index contributed by atoms with van der Waals surface area (Å²) >= 11 is 0. The summed E-state index contributed by atoms with van der Waals surface area (Å²) in [5, 5.41) is 2.44. The number of carbonyl (C=O) groups is 1. The highest BCUT2D eigenvalue weighted by Gasteiger charge is 2.23. The number of piperidine rings is 1. The van der Waals surface area contributed by atoms with Gasteiger partial charge in [-0.25, -0.2) is 21.1 Å². The van der Waals surface area contributed by atoms with Gasteiger partial charge < -0.3 is 5.32 Å². The van der Waals surface area contributed by atoms with E-state index in [1.807, 2.05) is 0 Å². The van der Waals surface area contributed by atoms with Gasteiger partial charge >= 0.3 is 0 Å². The predicted octanol–water partition coefficient (Wildman–Crippen LogP) is -0.647. The zero-order chi connectivity index (χ0) is 15.2. The average molecular weight is 326 g/mol. The largest absolute Gasteiger partial charge is 0.355 e. The van der Waals surface area contributed by atoms with E-state index < -0.39 is 25.8 Å². The number of hydrogen-bond donors (Lipinski definition) is 1. The van der Waals surface area contributed by atoms with Gasteiger partial charge in [-0.3, -0.25) is 4.79 Å². The van der Waals surface area contributed by atoms with Crippen LogP contribution in [0.1, 0.15) is 25.7 Å². The maximum Gasteiger partial charge on any atom is 0.221 e. The van der Waals surface area contributed by atoms with E-state index in [0.29, 0.717) is 13.1 Å². The summed E-state index contributed by atoms with van der Waals surface area (Å²) in [5.41, 5.74) is 0. The van der Waals surface area contributed by atoms with Gasteiger partial charge in [0.1, 0.15) is 9.84 Å². The first-order valence-corrected chi connectivity index (χ1v) is 10.3. The molecule has 0 aromatic carbocycles. The minimum Gasteiger partial charge on any atom is -0.355 e. The molecule has 1 rings (SSSR count). The molecule has 1 aliphatic heterocycles. The number of rotatable bonds is 7. The lowest BCUT2D eigenvalue weighted by Gasteiger charge is -2.25. The molecular formula is C11H22N2O5S2. The summed E-state index contributed by atoms with van der Waals surface area (Å²) in [6.45, 7) is 1.11. The standard InChI is InChI=1S/C11H22N2O5S2/c1-19(15,16)9-5-11(14)12-6-10-20(17,18)13-7-3-2-4-8-13/h2-10H2,1H3,(H,12,14). The Bertz CT molecular complexity index is 521. The van der Waals surface area contributed by atoms with E-state index in [1.54, 1.807) is 0 Å². The molecule has 0 aliphatic carbocycles. The molecular weight excluding hydrogens is 304 g/mol. The Labute approximate surface area is 120 Å². The van der Waals surface area contributed by atoms with Crippen LogP contribution in [0.5, 0.6) is 0 Å². The Morgan fingerprint density at radius 3 is 2.20 bits per heavy atom. The van der Waals surface area contributed by atoms with E-state index in [0.717, 1.165) is 25.5 Å². The molecule has 0 saturated carbocycles. The predicted molar refractivity (Wildman–Crippen MR) is 76.5 cm³/mol. The Balaban J connectivity index is 2.30. The van der Waals surface area contributed by atoms with Crippen LogP contribution in [-0.4, -0.2) is 64.4 Å². The molecule has 7 nitrogen and oxygen atoms in total. The van der Waals surface area contributed by atoms with Gasteiger partial charge in [-0.2, -0.15) is 0 Å². The zero-order valence-electron chi connectivity index (χ0n) is 11.7. The Morgan fingerprint density at radius 1 is 1.05 bits per heavy atom. The van der Waals surface area contributed by atoms with Crippen LogP contribution in [0.25, 0.3) is 0 Å². The molecule has 0 radical (unpaired) electrons. The molecule has 1 heterocycles. The molecule has 0 aromatic rings. The maximum absolute atomic E-state index is 12.0. The third-order valence-electron chi connectivity index (χ3n) is 3.09. The van der Waals surface area contributed by atoms with Crippen molar-refractivity contribution in [3.63, 3.8) is 0 Å². The van der Waals surface area contributed by atoms with Gasteiger partial charge in [0.05, 0.1) is 11.5 Å². The van der Waals surface area contributed by atoms with Gasteiger partial charge in [-0.05, 0) is 12.8 Å². The average Bonchev–Trinajstić information content (AvgIpc) is 2.36. The fourth-order valence-electron chi connectivity index (χ4n) is 1.96. The second kappa shape index (κ2) is 7.37. The third kappa shape index (κ3) is 6.67. The summed E-state index contributed by atoms with van der Waals surface area (Å²) < 4.78 is 47.2. The van der Waals surface area contributed by atoms with Crippen molar-refractivity contribution in [1.29, 1.82) is 0 Å². The zero-order valence-corrected chi connectivity index (χ0v) is 13.3. The molecule has 1 saturated heterocycles. The van der Waals surface area contributed by atoms with E-state index in [1.165, 1.54) is 4.31 Å². The van der Waals surface area contributed by atoms with Gasteiger partial charge in [-0.1, -0.05) is 6.42 Å².